The first-order valence-electron chi connectivity index (χ1n) is 8.11. The Morgan fingerprint density at radius 3 is 2.88 bits per heavy atom. The van der Waals surface area contributed by atoms with Crippen molar-refractivity contribution >= 4 is 33.3 Å². The van der Waals surface area contributed by atoms with Crippen LogP contribution in [0.2, 0.25) is 0 Å². The highest BCUT2D eigenvalue weighted by Gasteiger charge is 2.32. The topological polar surface area (TPSA) is 50.8 Å². The second kappa shape index (κ2) is 8.10. The van der Waals surface area contributed by atoms with Crippen LogP contribution in [0.15, 0.2) is 34.1 Å². The lowest BCUT2D eigenvalue weighted by Crippen LogP contribution is -2.39. The zero-order chi connectivity index (χ0) is 17.8. The number of nitrogens with one attached hydrogen (secondary N) is 1. The molecule has 0 radical (unpaired) electrons. The molecule has 1 aliphatic heterocycles. The fraction of sp³-hybridized carbons (Fsp3) is 0.389. The lowest BCUT2D eigenvalue weighted by molar-refractivity contribution is 0.191. The fourth-order valence-electron chi connectivity index (χ4n) is 3.14. The number of rotatable bonds is 5. The number of carbonyl (C=O) groups excluding carboxylic acids is 1. The summed E-state index contributed by atoms with van der Waals surface area (Å²) in [7, 11) is 3.28. The molecule has 1 unspecified atom stereocenters. The normalized spacial score (nSPS) is 16.8. The van der Waals surface area contributed by atoms with Gasteiger partial charge in [0.25, 0.3) is 0 Å². The predicted molar refractivity (Wildman–Crippen MR) is 102 cm³/mol. The number of nitrogens with zero attached hydrogens (tertiary/aromatic N) is 1. The summed E-state index contributed by atoms with van der Waals surface area (Å²) >= 11 is 5.06. The summed E-state index contributed by atoms with van der Waals surface area (Å²) in [6, 6.07) is 7.78. The van der Waals surface area contributed by atoms with E-state index in [1.54, 1.807) is 25.6 Å². The summed E-state index contributed by atoms with van der Waals surface area (Å²) < 4.78 is 11.8. The van der Waals surface area contributed by atoms with Crippen molar-refractivity contribution in [1.29, 1.82) is 0 Å². The van der Waals surface area contributed by atoms with Crippen LogP contribution in [0.4, 0.5) is 4.79 Å². The lowest BCUT2D eigenvalue weighted by Gasteiger charge is -2.26. The third kappa shape index (κ3) is 4.10. The Hall–Kier alpha value is -1.73. The molecule has 0 aliphatic carbocycles. The van der Waals surface area contributed by atoms with Gasteiger partial charge in [0.05, 0.1) is 26.8 Å². The van der Waals surface area contributed by atoms with Gasteiger partial charge in [0.1, 0.15) is 11.5 Å². The molecule has 3 rings (SSSR count). The highest BCUT2D eigenvalue weighted by molar-refractivity contribution is 9.10. The van der Waals surface area contributed by atoms with Gasteiger partial charge in [-0.1, -0.05) is 0 Å². The molecule has 7 heteroatoms. The number of urea groups is 1. The van der Waals surface area contributed by atoms with Gasteiger partial charge in [-0.25, -0.2) is 4.79 Å². The number of ether oxygens (including phenoxy) is 2. The van der Waals surface area contributed by atoms with Crippen molar-refractivity contribution < 1.29 is 14.3 Å². The van der Waals surface area contributed by atoms with Crippen LogP contribution in [0.25, 0.3) is 0 Å². The summed E-state index contributed by atoms with van der Waals surface area (Å²) in [5.74, 6) is 1.50. The number of hydrogen-bond donors (Lipinski definition) is 1. The van der Waals surface area contributed by atoms with Crippen LogP contribution in [-0.2, 0) is 6.54 Å². The average Bonchev–Trinajstić information content (AvgIpc) is 3.28. The van der Waals surface area contributed by atoms with Gasteiger partial charge in [0.2, 0.25) is 0 Å². The van der Waals surface area contributed by atoms with Gasteiger partial charge in [-0.3, -0.25) is 0 Å². The number of methoxy groups -OCH3 is 2. The number of thiophene rings is 1. The first-order chi connectivity index (χ1) is 12.1. The molecule has 0 spiro atoms. The molecule has 1 N–H and O–H groups in total. The highest BCUT2D eigenvalue weighted by Crippen LogP contribution is 2.38. The molecule has 1 aromatic carbocycles. The first kappa shape index (κ1) is 18.1. The lowest BCUT2D eigenvalue weighted by atomic mass is 10.0. The van der Waals surface area contributed by atoms with Gasteiger partial charge in [-0.15, -0.1) is 11.3 Å². The molecule has 1 fully saturated rings. The van der Waals surface area contributed by atoms with Gasteiger partial charge < -0.3 is 19.7 Å². The van der Waals surface area contributed by atoms with Gasteiger partial charge in [-0.2, -0.15) is 0 Å². The number of carbonyl (C=O) groups is 1. The SMILES string of the molecule is COc1ccc(C2CCCN2C(=O)NCc2cc(Br)cs2)c(OC)c1. The summed E-state index contributed by atoms with van der Waals surface area (Å²) in [6.07, 6.45) is 1.92. The van der Waals surface area contributed by atoms with Crippen molar-refractivity contribution in [3.63, 3.8) is 0 Å². The molecule has 25 heavy (non-hydrogen) atoms. The largest absolute Gasteiger partial charge is 0.497 e. The van der Waals surface area contributed by atoms with Crippen LogP contribution in [0, 0.1) is 0 Å². The van der Waals surface area contributed by atoms with Gasteiger partial charge in [0, 0.05) is 32.9 Å². The second-order valence-electron chi connectivity index (χ2n) is 5.85. The number of likely N-dealkylation sites (tertiary alicyclic amines) is 1. The maximum Gasteiger partial charge on any atom is 0.318 e. The standard InChI is InChI=1S/C18H21BrN2O3S/c1-23-13-5-6-15(17(9-13)24-2)16-4-3-7-21(16)18(22)20-10-14-8-12(19)11-25-14/h5-6,8-9,11,16H,3-4,7,10H2,1-2H3,(H,20,22). The number of halogens is 1. The number of hydrogen-bond acceptors (Lipinski definition) is 4. The van der Waals surface area contributed by atoms with Crippen LogP contribution < -0.4 is 14.8 Å². The monoisotopic (exact) mass is 424 g/mol. The molecule has 2 amide bonds. The van der Waals surface area contributed by atoms with Crippen molar-refractivity contribution in [2.75, 3.05) is 20.8 Å². The summed E-state index contributed by atoms with van der Waals surface area (Å²) in [6.45, 7) is 1.29. The number of benzene rings is 1. The molecule has 1 aromatic heterocycles. The third-order valence-electron chi connectivity index (χ3n) is 4.35. The maximum atomic E-state index is 12.7. The minimum absolute atomic E-state index is 0.0240. The summed E-state index contributed by atoms with van der Waals surface area (Å²) in [5, 5.41) is 5.04. The molecule has 1 saturated heterocycles. The van der Waals surface area contributed by atoms with Crippen LogP contribution in [0.5, 0.6) is 11.5 Å². The zero-order valence-corrected chi connectivity index (χ0v) is 16.7. The summed E-state index contributed by atoms with van der Waals surface area (Å²) in [5.41, 5.74) is 1.02. The van der Waals surface area contributed by atoms with Crippen LogP contribution in [0.1, 0.15) is 29.3 Å². The van der Waals surface area contributed by atoms with Gasteiger partial charge in [-0.05, 0) is 47.0 Å². The Morgan fingerprint density at radius 2 is 2.20 bits per heavy atom. The molecule has 2 aromatic rings. The smallest absolute Gasteiger partial charge is 0.318 e. The Labute approximate surface area is 160 Å². The first-order valence-corrected chi connectivity index (χ1v) is 9.79. The van der Waals surface area contributed by atoms with E-state index in [1.165, 1.54) is 0 Å². The van der Waals surface area contributed by atoms with E-state index in [9.17, 15) is 4.79 Å². The Bertz CT molecular complexity index is 750. The minimum atomic E-state index is -0.0371. The van der Waals surface area contributed by atoms with E-state index in [4.69, 9.17) is 9.47 Å². The third-order valence-corrected chi connectivity index (χ3v) is 6.05. The maximum absolute atomic E-state index is 12.7. The van der Waals surface area contributed by atoms with Gasteiger partial charge in [0.15, 0.2) is 0 Å². The van der Waals surface area contributed by atoms with Crippen molar-refractivity contribution in [2.45, 2.75) is 25.4 Å². The molecule has 134 valence electrons. The molecule has 1 atom stereocenters. The second-order valence-corrected chi connectivity index (χ2v) is 7.76. The van der Waals surface area contributed by atoms with E-state index in [0.717, 1.165) is 45.8 Å². The van der Waals surface area contributed by atoms with E-state index < -0.39 is 0 Å². The minimum Gasteiger partial charge on any atom is -0.497 e. The van der Waals surface area contributed by atoms with Crippen molar-refractivity contribution in [3.8, 4) is 11.5 Å². The van der Waals surface area contributed by atoms with E-state index in [-0.39, 0.29) is 12.1 Å². The molecule has 5 nitrogen and oxygen atoms in total. The zero-order valence-electron chi connectivity index (χ0n) is 14.3. The molecule has 0 saturated carbocycles. The van der Waals surface area contributed by atoms with E-state index in [0.29, 0.717) is 6.54 Å². The van der Waals surface area contributed by atoms with Crippen molar-refractivity contribution in [3.05, 3.63) is 44.6 Å². The van der Waals surface area contributed by atoms with E-state index in [2.05, 4.69) is 21.2 Å². The Morgan fingerprint density at radius 1 is 1.36 bits per heavy atom. The van der Waals surface area contributed by atoms with Gasteiger partial charge >= 0.3 is 6.03 Å². The van der Waals surface area contributed by atoms with Crippen LogP contribution >= 0.6 is 27.3 Å². The fourth-order valence-corrected chi connectivity index (χ4v) is 4.53. The molecule has 0 bridgehead atoms. The van der Waals surface area contributed by atoms with E-state index in [1.807, 2.05) is 34.5 Å². The Kier molecular flexibility index (Phi) is 5.86. The average molecular weight is 425 g/mol. The summed E-state index contributed by atoms with van der Waals surface area (Å²) in [4.78, 5) is 15.7. The molecular formula is C18H21BrN2O3S. The van der Waals surface area contributed by atoms with Crippen molar-refractivity contribution in [2.24, 2.45) is 0 Å². The van der Waals surface area contributed by atoms with Crippen LogP contribution in [-0.4, -0.2) is 31.7 Å². The Balaban J connectivity index is 1.72. The predicted octanol–water partition coefficient (Wildman–Crippen LogP) is 4.57. The number of amides is 2. The van der Waals surface area contributed by atoms with E-state index >= 15 is 0 Å². The highest BCUT2D eigenvalue weighted by atomic mass is 79.9. The molecular weight excluding hydrogens is 404 g/mol. The molecule has 2 heterocycles. The molecule has 1 aliphatic rings. The quantitative estimate of drug-likeness (QED) is 0.764. The van der Waals surface area contributed by atoms with Crippen LogP contribution in [0.3, 0.4) is 0 Å². The van der Waals surface area contributed by atoms with Crippen molar-refractivity contribution in [1.82, 2.24) is 10.2 Å².